The summed E-state index contributed by atoms with van der Waals surface area (Å²) >= 11 is 2.54. The normalized spacial score (nSPS) is 16.6. The number of Topliss-reactive ketones (excluding diaryl/α,β-unsaturated/α-hetero) is 1. The number of rotatable bonds is 11. The van der Waals surface area contributed by atoms with E-state index in [1.165, 1.54) is 23.1 Å². The summed E-state index contributed by atoms with van der Waals surface area (Å²) in [4.78, 5) is 27.5. The van der Waals surface area contributed by atoms with Gasteiger partial charge in [-0.3, -0.25) is 14.5 Å². The second kappa shape index (κ2) is 14.2. The van der Waals surface area contributed by atoms with Gasteiger partial charge in [-0.05, 0) is 42.5 Å². The number of nitrogens with zero attached hydrogens (tertiary/aromatic N) is 4. The number of methoxy groups -OCH3 is 2. The molecule has 2 heterocycles. The fraction of sp³-hybridized carbons (Fsp3) is 0.281. The van der Waals surface area contributed by atoms with Gasteiger partial charge in [0.25, 0.3) is 0 Å². The zero-order chi connectivity index (χ0) is 31.1. The number of ether oxygens (including phenoxy) is 2. The van der Waals surface area contributed by atoms with E-state index in [0.717, 1.165) is 16.8 Å². The van der Waals surface area contributed by atoms with E-state index in [0.29, 0.717) is 64.3 Å². The molecule has 0 bridgehead atoms. The highest BCUT2D eigenvalue weighted by atomic mass is 32.2. The molecule has 0 saturated carbocycles. The van der Waals surface area contributed by atoms with Crippen molar-refractivity contribution < 1.29 is 19.1 Å². The molecule has 0 radical (unpaired) electrons. The molecule has 12 heteroatoms. The third-order valence-corrected chi connectivity index (χ3v) is 9.38. The summed E-state index contributed by atoms with van der Waals surface area (Å²) in [6, 6.07) is 17.6. The van der Waals surface area contributed by atoms with E-state index in [1.54, 1.807) is 19.1 Å². The highest BCUT2D eigenvalue weighted by molar-refractivity contribution is 8.01. The number of nitrogens with one attached hydrogen (secondary N) is 1. The number of nitriles is 1. The van der Waals surface area contributed by atoms with Crippen molar-refractivity contribution in [2.75, 3.05) is 31.4 Å². The van der Waals surface area contributed by atoms with Crippen molar-refractivity contribution in [2.45, 2.75) is 30.0 Å². The molecule has 1 aliphatic heterocycles. The number of anilines is 1. The first-order chi connectivity index (χ1) is 21.4. The minimum atomic E-state index is -0.538. The quantitative estimate of drug-likeness (QED) is 0.283. The molecule has 1 amide bonds. The molecule has 226 valence electrons. The Morgan fingerprint density at radius 1 is 1.18 bits per heavy atom. The van der Waals surface area contributed by atoms with Crippen LogP contribution in [0.25, 0.3) is 6.08 Å². The second-order valence-electron chi connectivity index (χ2n) is 10.1. The largest absolute Gasteiger partial charge is 0.493 e. The molecule has 10 nitrogen and oxygen atoms in total. The molecule has 5 rings (SSSR count). The molecule has 2 aliphatic rings. The molecule has 1 unspecified atom stereocenters. The summed E-state index contributed by atoms with van der Waals surface area (Å²) in [5.74, 6) is 1.03. The number of aromatic nitrogens is 2. The lowest BCUT2D eigenvalue weighted by molar-refractivity contribution is -0.118. The summed E-state index contributed by atoms with van der Waals surface area (Å²) < 4.78 is 11.2. The van der Waals surface area contributed by atoms with Crippen LogP contribution in [0.1, 0.15) is 30.4 Å². The first-order valence-electron chi connectivity index (χ1n) is 14.1. The van der Waals surface area contributed by atoms with Crippen molar-refractivity contribution >= 4 is 46.0 Å². The van der Waals surface area contributed by atoms with Gasteiger partial charge in [0.15, 0.2) is 21.6 Å². The van der Waals surface area contributed by atoms with Crippen molar-refractivity contribution in [1.29, 1.82) is 5.26 Å². The Hall–Kier alpha value is -4.60. The van der Waals surface area contributed by atoms with Gasteiger partial charge in [-0.1, -0.05) is 71.6 Å². The predicted molar refractivity (Wildman–Crippen MR) is 171 cm³/mol. The lowest BCUT2D eigenvalue weighted by atomic mass is 9.79. The molecule has 0 fully saturated rings. The van der Waals surface area contributed by atoms with E-state index in [-0.39, 0.29) is 23.3 Å². The SMILES string of the molecule is COc1ccc(CCNC(=O)CSc2nnc(N3C(N)=C(C#N)C(/C=C/c4ccccc4)C4=C3CCCC4=O)s2)cc1OC. The summed E-state index contributed by atoms with van der Waals surface area (Å²) in [5.41, 5.74) is 10.2. The lowest BCUT2D eigenvalue weighted by Gasteiger charge is -2.37. The molecular formula is C32H32N6O4S2. The van der Waals surface area contributed by atoms with E-state index in [4.69, 9.17) is 15.2 Å². The fourth-order valence-corrected chi connectivity index (χ4v) is 6.93. The van der Waals surface area contributed by atoms with E-state index in [1.807, 2.05) is 60.7 Å². The molecular weight excluding hydrogens is 597 g/mol. The van der Waals surface area contributed by atoms with E-state index >= 15 is 0 Å². The Bertz CT molecular complexity index is 1680. The van der Waals surface area contributed by atoms with Gasteiger partial charge in [0.1, 0.15) is 5.82 Å². The summed E-state index contributed by atoms with van der Waals surface area (Å²) in [5, 5.41) is 22.1. The number of ketones is 1. The third kappa shape index (κ3) is 6.79. The van der Waals surface area contributed by atoms with Crippen LogP contribution in [-0.2, 0) is 16.0 Å². The minimum Gasteiger partial charge on any atom is -0.493 e. The van der Waals surface area contributed by atoms with Gasteiger partial charge < -0.3 is 20.5 Å². The van der Waals surface area contributed by atoms with Crippen LogP contribution in [0, 0.1) is 17.2 Å². The first kappa shape index (κ1) is 30.8. The highest BCUT2D eigenvalue weighted by Crippen LogP contribution is 2.44. The zero-order valence-electron chi connectivity index (χ0n) is 24.4. The molecule has 1 aromatic heterocycles. The van der Waals surface area contributed by atoms with Gasteiger partial charge in [0, 0.05) is 30.2 Å². The number of thioether (sulfide) groups is 1. The topological polar surface area (TPSA) is 143 Å². The van der Waals surface area contributed by atoms with Crippen LogP contribution >= 0.6 is 23.1 Å². The summed E-state index contributed by atoms with van der Waals surface area (Å²) in [6.07, 6.45) is 6.15. The van der Waals surface area contributed by atoms with Crippen LogP contribution < -0.4 is 25.4 Å². The van der Waals surface area contributed by atoms with E-state index < -0.39 is 5.92 Å². The van der Waals surface area contributed by atoms with Crippen LogP contribution in [0.5, 0.6) is 11.5 Å². The maximum atomic E-state index is 13.2. The zero-order valence-corrected chi connectivity index (χ0v) is 26.0. The van der Waals surface area contributed by atoms with Gasteiger partial charge in [-0.15, -0.1) is 10.2 Å². The lowest BCUT2D eigenvalue weighted by Crippen LogP contribution is -2.39. The summed E-state index contributed by atoms with van der Waals surface area (Å²) in [7, 11) is 3.17. The van der Waals surface area contributed by atoms with E-state index in [9.17, 15) is 14.9 Å². The number of carbonyl (C=O) groups excluding carboxylic acids is 2. The number of benzene rings is 2. The number of nitrogens with two attached hydrogens (primary N) is 1. The number of hydrogen-bond acceptors (Lipinski definition) is 11. The number of carbonyl (C=O) groups is 2. The van der Waals surface area contributed by atoms with Crippen molar-refractivity contribution in [1.82, 2.24) is 15.5 Å². The first-order valence-corrected chi connectivity index (χ1v) is 15.9. The second-order valence-corrected chi connectivity index (χ2v) is 12.2. The van der Waals surface area contributed by atoms with Crippen molar-refractivity contribution in [3.05, 3.63) is 88.4 Å². The van der Waals surface area contributed by atoms with E-state index in [2.05, 4.69) is 21.6 Å². The van der Waals surface area contributed by atoms with Crippen LogP contribution in [0.2, 0.25) is 0 Å². The van der Waals surface area contributed by atoms with Gasteiger partial charge >= 0.3 is 0 Å². The maximum absolute atomic E-state index is 13.2. The standard InChI is InChI=1S/C32H32N6O4S2/c1-41-26-14-12-21(17-27(26)42-2)15-16-35-28(40)19-43-32-37-36-31(44-32)38-24-9-6-10-25(39)29(24)22(23(18-33)30(38)34)13-11-20-7-4-3-5-8-20/h3-5,7-8,11-14,17,22H,6,9-10,15-16,19,34H2,1-2H3,(H,35,40)/b13-11+. The van der Waals surface area contributed by atoms with Crippen LogP contribution in [0.4, 0.5) is 5.13 Å². The van der Waals surface area contributed by atoms with Gasteiger partial charge in [-0.2, -0.15) is 5.26 Å². The van der Waals surface area contributed by atoms with Gasteiger partial charge in [0.2, 0.25) is 11.0 Å². The van der Waals surface area contributed by atoms with Gasteiger partial charge in [0.05, 0.1) is 31.6 Å². The fourth-order valence-electron chi connectivity index (χ4n) is 5.22. The van der Waals surface area contributed by atoms with Crippen LogP contribution in [-0.4, -0.2) is 48.4 Å². The molecule has 2 aromatic carbocycles. The minimum absolute atomic E-state index is 0.00285. The monoisotopic (exact) mass is 628 g/mol. The number of hydrogen-bond donors (Lipinski definition) is 2. The summed E-state index contributed by atoms with van der Waals surface area (Å²) in [6.45, 7) is 0.465. The van der Waals surface area contributed by atoms with Crippen molar-refractivity contribution in [3.8, 4) is 17.6 Å². The Morgan fingerprint density at radius 3 is 2.73 bits per heavy atom. The molecule has 3 N–H and O–H groups in total. The van der Waals surface area contributed by atoms with Crippen LogP contribution in [0.3, 0.4) is 0 Å². The molecule has 1 atom stereocenters. The average molecular weight is 629 g/mol. The third-order valence-electron chi connectivity index (χ3n) is 7.34. The Kier molecular flexibility index (Phi) is 9.99. The highest BCUT2D eigenvalue weighted by Gasteiger charge is 2.39. The molecule has 44 heavy (non-hydrogen) atoms. The Morgan fingerprint density at radius 2 is 1.98 bits per heavy atom. The predicted octanol–water partition coefficient (Wildman–Crippen LogP) is 4.86. The molecule has 1 aliphatic carbocycles. The molecule has 3 aromatic rings. The molecule has 0 saturated heterocycles. The molecule has 0 spiro atoms. The number of amides is 1. The smallest absolute Gasteiger partial charge is 0.230 e. The Balaban J connectivity index is 1.26. The van der Waals surface area contributed by atoms with Gasteiger partial charge in [-0.25, -0.2) is 0 Å². The number of allylic oxidation sites excluding steroid dienone is 4. The maximum Gasteiger partial charge on any atom is 0.230 e. The van der Waals surface area contributed by atoms with Crippen molar-refractivity contribution in [2.24, 2.45) is 11.7 Å². The van der Waals surface area contributed by atoms with Crippen LogP contribution in [0.15, 0.2) is 81.6 Å². The average Bonchev–Trinajstić information content (AvgIpc) is 3.51. The Labute approximate surface area is 264 Å². The van der Waals surface area contributed by atoms with Crippen molar-refractivity contribution in [3.63, 3.8) is 0 Å².